The molecule has 0 bridgehead atoms. The van der Waals surface area contributed by atoms with Gasteiger partial charge in [0.2, 0.25) is 5.13 Å². The Bertz CT molecular complexity index is 693. The van der Waals surface area contributed by atoms with Crippen molar-refractivity contribution in [2.75, 3.05) is 20.3 Å². The zero-order valence-corrected chi connectivity index (χ0v) is 11.9. The van der Waals surface area contributed by atoms with Gasteiger partial charge in [-0.2, -0.15) is 5.10 Å². The molecule has 0 amide bonds. The Balaban J connectivity index is 1.76. The van der Waals surface area contributed by atoms with E-state index in [2.05, 4.69) is 20.6 Å². The second-order valence-electron chi connectivity index (χ2n) is 4.26. The van der Waals surface area contributed by atoms with Gasteiger partial charge in [0.15, 0.2) is 0 Å². The molecule has 0 unspecified atom stereocenters. The third-order valence-corrected chi connectivity index (χ3v) is 3.77. The lowest BCUT2D eigenvalue weighted by Gasteiger charge is -1.99. The minimum atomic E-state index is 0.690. The van der Waals surface area contributed by atoms with Crippen LogP contribution >= 0.6 is 11.3 Å². The Morgan fingerprint density at radius 1 is 1.30 bits per heavy atom. The summed E-state index contributed by atoms with van der Waals surface area (Å²) in [5, 5.41) is 18.8. The second kappa shape index (κ2) is 6.08. The maximum absolute atomic E-state index is 4.98. The lowest BCUT2D eigenvalue weighted by atomic mass is 10.3. The highest BCUT2D eigenvalue weighted by molar-refractivity contribution is 7.13. The van der Waals surface area contributed by atoms with E-state index >= 15 is 0 Å². The van der Waals surface area contributed by atoms with Crippen molar-refractivity contribution >= 4 is 22.2 Å². The number of benzene rings is 1. The number of hydrogen-bond acceptors (Lipinski definition) is 6. The fourth-order valence-electron chi connectivity index (χ4n) is 1.90. The summed E-state index contributed by atoms with van der Waals surface area (Å²) in [4.78, 5) is 0. The minimum absolute atomic E-state index is 0.690. The first kappa shape index (κ1) is 13.2. The van der Waals surface area contributed by atoms with Crippen LogP contribution in [0.5, 0.6) is 0 Å². The predicted octanol–water partition coefficient (Wildman–Crippen LogP) is 1.61. The number of fused-ring (bicyclic) bond motifs is 1. The molecule has 7 heteroatoms. The fourth-order valence-corrected chi connectivity index (χ4v) is 2.68. The van der Waals surface area contributed by atoms with Gasteiger partial charge in [0.1, 0.15) is 5.01 Å². The number of methoxy groups -OCH3 is 1. The molecule has 0 fully saturated rings. The number of nitrogens with one attached hydrogen (secondary N) is 1. The van der Waals surface area contributed by atoms with Crippen LogP contribution in [-0.4, -0.2) is 40.2 Å². The maximum Gasteiger partial charge on any atom is 0.233 e. The van der Waals surface area contributed by atoms with Gasteiger partial charge in [-0.25, -0.2) is 4.68 Å². The normalized spacial score (nSPS) is 11.2. The quantitative estimate of drug-likeness (QED) is 0.698. The van der Waals surface area contributed by atoms with E-state index in [0.717, 1.165) is 27.6 Å². The summed E-state index contributed by atoms with van der Waals surface area (Å²) in [7, 11) is 1.69. The molecule has 0 aliphatic carbocycles. The van der Waals surface area contributed by atoms with Crippen molar-refractivity contribution in [1.82, 2.24) is 25.3 Å². The average molecular weight is 289 g/mol. The molecule has 104 valence electrons. The van der Waals surface area contributed by atoms with Gasteiger partial charge in [0.05, 0.1) is 18.3 Å². The molecule has 0 radical (unpaired) electrons. The van der Waals surface area contributed by atoms with Gasteiger partial charge in [0.25, 0.3) is 0 Å². The van der Waals surface area contributed by atoms with Crippen LogP contribution in [0.3, 0.4) is 0 Å². The van der Waals surface area contributed by atoms with Crippen LogP contribution in [0.25, 0.3) is 16.0 Å². The summed E-state index contributed by atoms with van der Waals surface area (Å²) >= 11 is 1.54. The topological polar surface area (TPSA) is 64.9 Å². The van der Waals surface area contributed by atoms with E-state index in [4.69, 9.17) is 4.74 Å². The average Bonchev–Trinajstić information content (AvgIpc) is 3.10. The van der Waals surface area contributed by atoms with Crippen LogP contribution in [-0.2, 0) is 11.3 Å². The Hall–Kier alpha value is -1.83. The van der Waals surface area contributed by atoms with Crippen LogP contribution in [0, 0.1) is 0 Å². The van der Waals surface area contributed by atoms with Gasteiger partial charge in [-0.3, -0.25) is 0 Å². The lowest BCUT2D eigenvalue weighted by molar-refractivity contribution is 0.199. The number of para-hydroxylation sites is 1. The van der Waals surface area contributed by atoms with Gasteiger partial charge < -0.3 is 10.1 Å². The molecular weight excluding hydrogens is 274 g/mol. The molecule has 3 aromatic rings. The largest absolute Gasteiger partial charge is 0.383 e. The van der Waals surface area contributed by atoms with E-state index in [9.17, 15) is 0 Å². The summed E-state index contributed by atoms with van der Waals surface area (Å²) in [6, 6.07) is 8.06. The molecule has 3 rings (SSSR count). The van der Waals surface area contributed by atoms with E-state index in [1.807, 2.05) is 35.1 Å². The molecule has 2 heterocycles. The minimum Gasteiger partial charge on any atom is -0.383 e. The summed E-state index contributed by atoms with van der Waals surface area (Å²) < 4.78 is 6.81. The first-order valence-corrected chi connectivity index (χ1v) is 7.15. The number of nitrogens with zero attached hydrogens (tertiary/aromatic N) is 4. The molecule has 1 N–H and O–H groups in total. The number of aromatic nitrogens is 4. The Morgan fingerprint density at radius 3 is 3.10 bits per heavy atom. The lowest BCUT2D eigenvalue weighted by Crippen LogP contribution is -2.18. The molecule has 0 spiro atoms. The van der Waals surface area contributed by atoms with Crippen LogP contribution in [0.15, 0.2) is 30.5 Å². The molecule has 20 heavy (non-hydrogen) atoms. The first-order valence-electron chi connectivity index (χ1n) is 6.33. The third-order valence-electron chi connectivity index (χ3n) is 2.87. The van der Waals surface area contributed by atoms with Crippen LogP contribution in [0.4, 0.5) is 0 Å². The molecule has 0 saturated carbocycles. The highest BCUT2D eigenvalue weighted by Gasteiger charge is 2.09. The summed E-state index contributed by atoms with van der Waals surface area (Å²) in [6.07, 6.45) is 1.84. The zero-order valence-electron chi connectivity index (χ0n) is 11.1. The standard InChI is InChI=1S/C13H15N5OS/c1-19-7-6-14-9-12-16-17-13(20-12)18-11-5-3-2-4-10(11)8-15-18/h2-5,8,14H,6-7,9H2,1H3. The fraction of sp³-hybridized carbons (Fsp3) is 0.308. The number of hydrogen-bond donors (Lipinski definition) is 1. The summed E-state index contributed by atoms with van der Waals surface area (Å²) in [5.74, 6) is 0. The summed E-state index contributed by atoms with van der Waals surface area (Å²) in [5.41, 5.74) is 1.04. The van der Waals surface area contributed by atoms with Gasteiger partial charge in [-0.05, 0) is 6.07 Å². The molecule has 0 atom stereocenters. The molecule has 0 saturated heterocycles. The highest BCUT2D eigenvalue weighted by atomic mass is 32.1. The predicted molar refractivity (Wildman–Crippen MR) is 78.1 cm³/mol. The Kier molecular flexibility index (Phi) is 4.00. The van der Waals surface area contributed by atoms with Gasteiger partial charge in [-0.15, -0.1) is 10.2 Å². The van der Waals surface area contributed by atoms with Crippen molar-refractivity contribution in [2.45, 2.75) is 6.54 Å². The van der Waals surface area contributed by atoms with E-state index in [0.29, 0.717) is 13.2 Å². The van der Waals surface area contributed by atoms with E-state index < -0.39 is 0 Å². The van der Waals surface area contributed by atoms with Gasteiger partial charge in [-0.1, -0.05) is 29.5 Å². The van der Waals surface area contributed by atoms with Crippen molar-refractivity contribution < 1.29 is 4.74 Å². The van der Waals surface area contributed by atoms with Gasteiger partial charge >= 0.3 is 0 Å². The van der Waals surface area contributed by atoms with Crippen LogP contribution in [0.2, 0.25) is 0 Å². The molecule has 2 aromatic heterocycles. The van der Waals surface area contributed by atoms with Crippen molar-refractivity contribution in [3.8, 4) is 5.13 Å². The van der Waals surface area contributed by atoms with Crippen LogP contribution < -0.4 is 5.32 Å². The van der Waals surface area contributed by atoms with Crippen molar-refractivity contribution in [3.63, 3.8) is 0 Å². The van der Waals surface area contributed by atoms with Crippen LogP contribution in [0.1, 0.15) is 5.01 Å². The highest BCUT2D eigenvalue weighted by Crippen LogP contribution is 2.20. The zero-order chi connectivity index (χ0) is 13.8. The first-order chi connectivity index (χ1) is 9.88. The van der Waals surface area contributed by atoms with Crippen molar-refractivity contribution in [2.24, 2.45) is 0 Å². The van der Waals surface area contributed by atoms with E-state index in [-0.39, 0.29) is 0 Å². The number of rotatable bonds is 6. The molecular formula is C13H15N5OS. The molecule has 1 aromatic carbocycles. The molecule has 6 nitrogen and oxygen atoms in total. The molecule has 0 aliphatic rings. The Labute approximate surface area is 120 Å². The SMILES string of the molecule is COCCNCc1nnc(-n2ncc3ccccc32)s1. The van der Waals surface area contributed by atoms with E-state index in [1.54, 1.807) is 7.11 Å². The smallest absolute Gasteiger partial charge is 0.233 e. The van der Waals surface area contributed by atoms with Gasteiger partial charge in [0, 0.05) is 25.6 Å². The summed E-state index contributed by atoms with van der Waals surface area (Å²) in [6.45, 7) is 2.19. The second-order valence-corrected chi connectivity index (χ2v) is 5.30. The Morgan fingerprint density at radius 2 is 2.20 bits per heavy atom. The maximum atomic E-state index is 4.98. The van der Waals surface area contributed by atoms with Crippen molar-refractivity contribution in [3.05, 3.63) is 35.5 Å². The molecule has 0 aliphatic heterocycles. The third kappa shape index (κ3) is 2.69. The monoisotopic (exact) mass is 289 g/mol. The number of ether oxygens (including phenoxy) is 1. The van der Waals surface area contributed by atoms with E-state index in [1.165, 1.54) is 11.3 Å². The van der Waals surface area contributed by atoms with Crippen molar-refractivity contribution in [1.29, 1.82) is 0 Å².